The van der Waals surface area contributed by atoms with Crippen LogP contribution in [0.2, 0.25) is 0 Å². The normalized spacial score (nSPS) is 15.2. The van der Waals surface area contributed by atoms with Crippen LogP contribution in [0.1, 0.15) is 69.2 Å². The summed E-state index contributed by atoms with van der Waals surface area (Å²) in [5, 5.41) is 0. The van der Waals surface area contributed by atoms with E-state index in [1.54, 1.807) is 13.8 Å². The lowest BCUT2D eigenvalue weighted by atomic mass is 9.80. The summed E-state index contributed by atoms with van der Waals surface area (Å²) in [5.41, 5.74) is 0.262. The minimum Gasteiger partial charge on any atom is -0.300 e. The van der Waals surface area contributed by atoms with Crippen molar-refractivity contribution in [1.29, 1.82) is 0 Å². The average molecular weight is 256 g/mol. The van der Waals surface area contributed by atoms with Gasteiger partial charge in [0.25, 0.3) is 0 Å². The van der Waals surface area contributed by atoms with E-state index in [9.17, 15) is 9.59 Å². The van der Waals surface area contributed by atoms with Crippen molar-refractivity contribution < 1.29 is 9.59 Å². The van der Waals surface area contributed by atoms with Crippen molar-refractivity contribution in [3.8, 4) is 0 Å². The number of hydrogen-bond donors (Lipinski definition) is 0. The van der Waals surface area contributed by atoms with Gasteiger partial charge in [0.15, 0.2) is 0 Å². The quantitative estimate of drug-likeness (QED) is 0.728. The largest absolute Gasteiger partial charge is 0.300 e. The fraction of sp³-hybridized carbons (Fsp3) is 0.875. The van der Waals surface area contributed by atoms with E-state index in [-0.39, 0.29) is 34.2 Å². The van der Waals surface area contributed by atoms with Crippen molar-refractivity contribution in [2.24, 2.45) is 22.7 Å². The fourth-order valence-electron chi connectivity index (χ4n) is 1.22. The molecule has 0 rings (SSSR count). The number of carbonyl (C=O) groups excluding carboxylic acids is 2. The molecule has 0 aliphatic carbocycles. The van der Waals surface area contributed by atoms with Crippen LogP contribution in [0.25, 0.3) is 0 Å². The van der Waals surface area contributed by atoms with E-state index in [1.807, 2.05) is 13.8 Å². The minimum atomic E-state index is 0.131. The standard InChI is InChI=1S/2C8H16O/c2*1-6(7(2)9)8(3,4)5/h2*6H,1-5H3/t2*6-/m11/s1. The summed E-state index contributed by atoms with van der Waals surface area (Å²) in [6.45, 7) is 19.7. The van der Waals surface area contributed by atoms with Gasteiger partial charge in [-0.25, -0.2) is 0 Å². The maximum atomic E-state index is 10.8. The van der Waals surface area contributed by atoms with Crippen LogP contribution in [-0.4, -0.2) is 11.6 Å². The molecule has 0 aromatic carbocycles. The van der Waals surface area contributed by atoms with Crippen LogP contribution in [0, 0.1) is 22.7 Å². The van der Waals surface area contributed by atoms with E-state index in [1.165, 1.54) is 0 Å². The average Bonchev–Trinajstić information content (AvgIpc) is 2.13. The summed E-state index contributed by atoms with van der Waals surface area (Å²) in [6, 6.07) is 0. The summed E-state index contributed by atoms with van der Waals surface area (Å²) in [6.07, 6.45) is 0. The van der Waals surface area contributed by atoms with Gasteiger partial charge >= 0.3 is 0 Å². The SMILES string of the molecule is CC(=O)[C@@H](C)C(C)(C)C.CC(=O)[C@@H](C)C(C)(C)C. The predicted octanol–water partition coefficient (Wildman–Crippen LogP) is 4.52. The van der Waals surface area contributed by atoms with Crippen LogP contribution in [0.5, 0.6) is 0 Å². The zero-order valence-electron chi connectivity index (χ0n) is 14.0. The van der Waals surface area contributed by atoms with Crippen LogP contribution < -0.4 is 0 Å². The molecular formula is C16H32O2. The van der Waals surface area contributed by atoms with Gasteiger partial charge in [0.05, 0.1) is 0 Å². The molecule has 18 heavy (non-hydrogen) atoms. The molecule has 0 bridgehead atoms. The van der Waals surface area contributed by atoms with E-state index >= 15 is 0 Å². The first-order valence-electron chi connectivity index (χ1n) is 6.72. The van der Waals surface area contributed by atoms with Gasteiger partial charge in [-0.05, 0) is 24.7 Å². The molecule has 2 heteroatoms. The van der Waals surface area contributed by atoms with Crippen LogP contribution in [0.3, 0.4) is 0 Å². The Kier molecular flexibility index (Phi) is 7.71. The van der Waals surface area contributed by atoms with Gasteiger partial charge in [0.2, 0.25) is 0 Å². The molecule has 0 aromatic rings. The highest BCUT2D eigenvalue weighted by Crippen LogP contribution is 2.26. The Bertz CT molecular complexity index is 246. The number of hydrogen-bond acceptors (Lipinski definition) is 2. The third-order valence-electron chi connectivity index (χ3n) is 3.82. The number of carbonyl (C=O) groups is 2. The first-order valence-corrected chi connectivity index (χ1v) is 6.72. The molecule has 0 amide bonds. The smallest absolute Gasteiger partial charge is 0.133 e. The van der Waals surface area contributed by atoms with Crippen LogP contribution in [0.4, 0.5) is 0 Å². The molecular weight excluding hydrogens is 224 g/mol. The van der Waals surface area contributed by atoms with Gasteiger partial charge in [-0.2, -0.15) is 0 Å². The van der Waals surface area contributed by atoms with E-state index in [4.69, 9.17) is 0 Å². The maximum absolute atomic E-state index is 10.8. The van der Waals surface area contributed by atoms with E-state index in [0.717, 1.165) is 0 Å². The molecule has 2 nitrogen and oxygen atoms in total. The monoisotopic (exact) mass is 256 g/mol. The first-order chi connectivity index (χ1) is 7.71. The molecule has 0 saturated heterocycles. The van der Waals surface area contributed by atoms with E-state index in [2.05, 4.69) is 41.5 Å². The molecule has 0 fully saturated rings. The Labute approximate surface area is 114 Å². The Morgan fingerprint density at radius 3 is 0.833 bits per heavy atom. The number of ketones is 2. The third-order valence-corrected chi connectivity index (χ3v) is 3.82. The summed E-state index contributed by atoms with van der Waals surface area (Å²) in [5.74, 6) is 0.917. The molecule has 108 valence electrons. The summed E-state index contributed by atoms with van der Waals surface area (Å²) in [7, 11) is 0. The Balaban J connectivity index is 0. The molecule has 0 heterocycles. The van der Waals surface area contributed by atoms with Crippen molar-refractivity contribution in [2.45, 2.75) is 69.2 Å². The van der Waals surface area contributed by atoms with Gasteiger partial charge < -0.3 is 0 Å². The minimum absolute atomic E-state index is 0.131. The molecule has 0 aliphatic rings. The van der Waals surface area contributed by atoms with Crippen molar-refractivity contribution in [3.63, 3.8) is 0 Å². The van der Waals surface area contributed by atoms with E-state index in [0.29, 0.717) is 0 Å². The van der Waals surface area contributed by atoms with E-state index < -0.39 is 0 Å². The van der Waals surface area contributed by atoms with Crippen molar-refractivity contribution >= 4 is 11.6 Å². The van der Waals surface area contributed by atoms with Gasteiger partial charge in [-0.15, -0.1) is 0 Å². The Hall–Kier alpha value is -0.660. The summed E-state index contributed by atoms with van der Waals surface area (Å²) in [4.78, 5) is 21.6. The van der Waals surface area contributed by atoms with Crippen molar-refractivity contribution in [3.05, 3.63) is 0 Å². The summed E-state index contributed by atoms with van der Waals surface area (Å²) < 4.78 is 0. The molecule has 0 spiro atoms. The second kappa shape index (κ2) is 7.06. The third kappa shape index (κ3) is 8.43. The molecule has 0 radical (unpaired) electrons. The zero-order chi connectivity index (χ0) is 15.3. The van der Waals surface area contributed by atoms with Crippen molar-refractivity contribution in [2.75, 3.05) is 0 Å². The lowest BCUT2D eigenvalue weighted by Gasteiger charge is -2.24. The Morgan fingerprint density at radius 2 is 0.833 bits per heavy atom. The van der Waals surface area contributed by atoms with Gasteiger partial charge in [-0.3, -0.25) is 9.59 Å². The highest BCUT2D eigenvalue weighted by Gasteiger charge is 2.23. The van der Waals surface area contributed by atoms with Crippen molar-refractivity contribution in [1.82, 2.24) is 0 Å². The van der Waals surface area contributed by atoms with Crippen LogP contribution in [0.15, 0.2) is 0 Å². The van der Waals surface area contributed by atoms with Crippen LogP contribution >= 0.6 is 0 Å². The molecule has 0 saturated carbocycles. The topological polar surface area (TPSA) is 34.1 Å². The second-order valence-corrected chi connectivity index (χ2v) is 7.40. The number of rotatable bonds is 2. The van der Waals surface area contributed by atoms with Crippen LogP contribution in [-0.2, 0) is 9.59 Å². The molecule has 0 N–H and O–H groups in total. The zero-order valence-corrected chi connectivity index (χ0v) is 14.0. The predicted molar refractivity (Wildman–Crippen MR) is 78.6 cm³/mol. The molecule has 0 unspecified atom stereocenters. The molecule has 0 aromatic heterocycles. The second-order valence-electron chi connectivity index (χ2n) is 7.40. The Morgan fingerprint density at radius 1 is 0.667 bits per heavy atom. The highest BCUT2D eigenvalue weighted by atomic mass is 16.1. The fourth-order valence-corrected chi connectivity index (χ4v) is 1.22. The molecule has 0 aliphatic heterocycles. The first kappa shape index (κ1) is 19.7. The number of Topliss-reactive ketones (excluding diaryl/α,β-unsaturated/α-hetero) is 2. The maximum Gasteiger partial charge on any atom is 0.133 e. The van der Waals surface area contributed by atoms with Gasteiger partial charge in [0, 0.05) is 11.8 Å². The lowest BCUT2D eigenvalue weighted by Crippen LogP contribution is -2.23. The highest BCUT2D eigenvalue weighted by molar-refractivity contribution is 5.78. The lowest BCUT2D eigenvalue weighted by molar-refractivity contribution is -0.123. The van der Waals surface area contributed by atoms with Gasteiger partial charge in [0.1, 0.15) is 11.6 Å². The molecule has 2 atom stereocenters. The van der Waals surface area contributed by atoms with Gasteiger partial charge in [-0.1, -0.05) is 55.4 Å². The summed E-state index contributed by atoms with van der Waals surface area (Å²) >= 11 is 0.